The normalized spacial score (nSPS) is 12.8. The van der Waals surface area contributed by atoms with Crippen LogP contribution >= 0.6 is 11.8 Å². The van der Waals surface area contributed by atoms with Crippen molar-refractivity contribution in [2.24, 2.45) is 11.5 Å². The Morgan fingerprint density at radius 3 is 2.50 bits per heavy atom. The summed E-state index contributed by atoms with van der Waals surface area (Å²) >= 11 is 1.75. The smallest absolute Gasteiger partial charge is 0.0258 e. The number of hydrogen-bond acceptors (Lipinski definition) is 3. The second-order valence-corrected chi connectivity index (χ2v) is 3.71. The van der Waals surface area contributed by atoms with E-state index >= 15 is 0 Å². The molecule has 1 rings (SSSR count). The van der Waals surface area contributed by atoms with Gasteiger partial charge < -0.3 is 11.5 Å². The van der Waals surface area contributed by atoms with Crippen molar-refractivity contribution in [3.63, 3.8) is 0 Å². The van der Waals surface area contributed by atoms with Gasteiger partial charge in [0.05, 0.1) is 0 Å². The molecule has 0 fully saturated rings. The van der Waals surface area contributed by atoms with Crippen LogP contribution in [0.1, 0.15) is 0 Å². The van der Waals surface area contributed by atoms with Crippen molar-refractivity contribution in [3.05, 3.63) is 30.3 Å². The average molecular weight is 182 g/mol. The van der Waals surface area contributed by atoms with Crippen LogP contribution in [-0.2, 0) is 0 Å². The molecule has 0 bridgehead atoms. The van der Waals surface area contributed by atoms with Gasteiger partial charge >= 0.3 is 0 Å². The second-order valence-electron chi connectivity index (χ2n) is 2.62. The van der Waals surface area contributed by atoms with Gasteiger partial charge in [0.25, 0.3) is 0 Å². The van der Waals surface area contributed by atoms with Crippen LogP contribution in [0, 0.1) is 0 Å². The summed E-state index contributed by atoms with van der Waals surface area (Å²) in [7, 11) is 0. The Hall–Kier alpha value is -0.510. The van der Waals surface area contributed by atoms with Gasteiger partial charge in [-0.05, 0) is 12.1 Å². The summed E-state index contributed by atoms with van der Waals surface area (Å²) in [6, 6.07) is 10.3. The SMILES string of the molecule is NC[C@@H](N)CSc1ccccc1. The third-order valence-electron chi connectivity index (χ3n) is 1.51. The van der Waals surface area contributed by atoms with Crippen LogP contribution < -0.4 is 11.5 Å². The minimum atomic E-state index is 0.107. The van der Waals surface area contributed by atoms with Crippen molar-refractivity contribution in [1.29, 1.82) is 0 Å². The largest absolute Gasteiger partial charge is 0.329 e. The minimum Gasteiger partial charge on any atom is -0.329 e. The summed E-state index contributed by atoms with van der Waals surface area (Å²) in [5.74, 6) is 0.889. The third kappa shape index (κ3) is 3.26. The number of nitrogens with two attached hydrogens (primary N) is 2. The van der Waals surface area contributed by atoms with E-state index in [1.165, 1.54) is 4.90 Å². The topological polar surface area (TPSA) is 52.0 Å². The molecule has 1 aromatic rings. The zero-order valence-corrected chi connectivity index (χ0v) is 7.76. The monoisotopic (exact) mass is 182 g/mol. The van der Waals surface area contributed by atoms with Gasteiger partial charge in [-0.15, -0.1) is 11.8 Å². The van der Waals surface area contributed by atoms with Crippen LogP contribution in [-0.4, -0.2) is 18.3 Å². The molecule has 0 aliphatic rings. The van der Waals surface area contributed by atoms with Gasteiger partial charge in [-0.1, -0.05) is 18.2 Å². The summed E-state index contributed by atoms with van der Waals surface area (Å²) in [6.07, 6.45) is 0. The van der Waals surface area contributed by atoms with Crippen LogP contribution in [0.4, 0.5) is 0 Å². The highest BCUT2D eigenvalue weighted by Gasteiger charge is 1.99. The van der Waals surface area contributed by atoms with Crippen LogP contribution in [0.25, 0.3) is 0 Å². The maximum Gasteiger partial charge on any atom is 0.0258 e. The molecule has 4 N–H and O–H groups in total. The molecule has 0 spiro atoms. The molecule has 0 aliphatic heterocycles. The first-order valence-electron chi connectivity index (χ1n) is 3.96. The standard InChI is InChI=1S/C9H14N2S/c10-6-8(11)7-12-9-4-2-1-3-5-9/h1-5,8H,6-7,10-11H2/t8-/m1/s1. The molecule has 66 valence electrons. The van der Waals surface area contributed by atoms with Crippen molar-refractivity contribution in [2.45, 2.75) is 10.9 Å². The van der Waals surface area contributed by atoms with Crippen molar-refractivity contribution in [2.75, 3.05) is 12.3 Å². The Morgan fingerprint density at radius 1 is 1.25 bits per heavy atom. The van der Waals surface area contributed by atoms with Gasteiger partial charge in [-0.25, -0.2) is 0 Å². The Labute approximate surface area is 77.3 Å². The highest BCUT2D eigenvalue weighted by Crippen LogP contribution is 2.16. The Kier molecular flexibility index (Phi) is 4.14. The summed E-state index contributed by atoms with van der Waals surface area (Å²) < 4.78 is 0. The van der Waals surface area contributed by atoms with E-state index in [0.717, 1.165) is 5.75 Å². The molecule has 0 amide bonds. The molecule has 0 aromatic heterocycles. The molecule has 0 radical (unpaired) electrons. The maximum atomic E-state index is 5.67. The summed E-state index contributed by atoms with van der Waals surface area (Å²) in [6.45, 7) is 0.555. The highest BCUT2D eigenvalue weighted by molar-refractivity contribution is 7.99. The molecule has 1 atom stereocenters. The van der Waals surface area contributed by atoms with Gasteiger partial charge in [-0.3, -0.25) is 0 Å². The Morgan fingerprint density at radius 2 is 1.92 bits per heavy atom. The van der Waals surface area contributed by atoms with E-state index in [0.29, 0.717) is 6.54 Å². The lowest BCUT2D eigenvalue weighted by Gasteiger charge is -2.07. The molecule has 0 aliphatic carbocycles. The zero-order chi connectivity index (χ0) is 8.81. The molecular formula is C9H14N2S. The Bertz CT molecular complexity index is 213. The quantitative estimate of drug-likeness (QED) is 0.685. The Balaban J connectivity index is 2.33. The lowest BCUT2D eigenvalue weighted by Crippen LogP contribution is -2.31. The fourth-order valence-corrected chi connectivity index (χ4v) is 1.68. The summed E-state index contributed by atoms with van der Waals surface area (Å²) in [4.78, 5) is 1.25. The first kappa shape index (κ1) is 9.58. The average Bonchev–Trinajstić information content (AvgIpc) is 2.16. The first-order chi connectivity index (χ1) is 5.83. The van der Waals surface area contributed by atoms with Crippen LogP contribution in [0.15, 0.2) is 35.2 Å². The molecule has 0 saturated carbocycles. The number of benzene rings is 1. The van der Waals surface area contributed by atoms with Gasteiger partial charge in [-0.2, -0.15) is 0 Å². The van der Waals surface area contributed by atoms with E-state index in [4.69, 9.17) is 11.5 Å². The van der Waals surface area contributed by atoms with E-state index in [1.807, 2.05) is 18.2 Å². The van der Waals surface area contributed by atoms with Gasteiger partial charge in [0.15, 0.2) is 0 Å². The fourth-order valence-electron chi connectivity index (χ4n) is 0.788. The first-order valence-corrected chi connectivity index (χ1v) is 4.95. The molecular weight excluding hydrogens is 168 g/mol. The van der Waals surface area contributed by atoms with Gasteiger partial charge in [0, 0.05) is 23.2 Å². The number of rotatable bonds is 4. The van der Waals surface area contributed by atoms with Crippen LogP contribution in [0.5, 0.6) is 0 Å². The minimum absolute atomic E-state index is 0.107. The summed E-state index contributed by atoms with van der Waals surface area (Å²) in [5, 5.41) is 0. The van der Waals surface area contributed by atoms with E-state index in [-0.39, 0.29) is 6.04 Å². The molecule has 0 unspecified atom stereocenters. The van der Waals surface area contributed by atoms with Crippen LogP contribution in [0.2, 0.25) is 0 Å². The van der Waals surface area contributed by atoms with E-state index in [2.05, 4.69) is 12.1 Å². The van der Waals surface area contributed by atoms with E-state index in [1.54, 1.807) is 11.8 Å². The van der Waals surface area contributed by atoms with Gasteiger partial charge in [0.1, 0.15) is 0 Å². The molecule has 0 heterocycles. The second kappa shape index (κ2) is 5.19. The molecule has 1 aromatic carbocycles. The number of thioether (sulfide) groups is 1. The zero-order valence-electron chi connectivity index (χ0n) is 6.94. The predicted molar refractivity (Wildman–Crippen MR) is 54.2 cm³/mol. The van der Waals surface area contributed by atoms with Gasteiger partial charge in [0.2, 0.25) is 0 Å². The predicted octanol–water partition coefficient (Wildman–Crippen LogP) is 1.06. The molecule has 12 heavy (non-hydrogen) atoms. The van der Waals surface area contributed by atoms with Crippen LogP contribution in [0.3, 0.4) is 0 Å². The molecule has 0 saturated heterocycles. The lowest BCUT2D eigenvalue weighted by atomic mass is 10.4. The molecule has 2 nitrogen and oxygen atoms in total. The fraction of sp³-hybridized carbons (Fsp3) is 0.333. The van der Waals surface area contributed by atoms with E-state index < -0.39 is 0 Å². The van der Waals surface area contributed by atoms with Crippen molar-refractivity contribution >= 4 is 11.8 Å². The van der Waals surface area contributed by atoms with E-state index in [9.17, 15) is 0 Å². The molecule has 3 heteroatoms. The van der Waals surface area contributed by atoms with Crippen molar-refractivity contribution in [3.8, 4) is 0 Å². The van der Waals surface area contributed by atoms with Crippen molar-refractivity contribution in [1.82, 2.24) is 0 Å². The number of hydrogen-bond donors (Lipinski definition) is 2. The van der Waals surface area contributed by atoms with Crippen molar-refractivity contribution < 1.29 is 0 Å². The maximum absolute atomic E-state index is 5.67. The third-order valence-corrected chi connectivity index (χ3v) is 2.71. The highest BCUT2D eigenvalue weighted by atomic mass is 32.2. The lowest BCUT2D eigenvalue weighted by molar-refractivity contribution is 0.763. The summed E-state index contributed by atoms with van der Waals surface area (Å²) in [5.41, 5.74) is 11.1.